The Labute approximate surface area is 100.0 Å². The summed E-state index contributed by atoms with van der Waals surface area (Å²) in [5.41, 5.74) is 0. The molecule has 0 saturated carbocycles. The van der Waals surface area contributed by atoms with E-state index in [4.69, 9.17) is 6.42 Å². The molecule has 0 N–H and O–H groups in total. The van der Waals surface area contributed by atoms with Gasteiger partial charge in [-0.3, -0.25) is 9.80 Å². The van der Waals surface area contributed by atoms with Gasteiger partial charge in [0, 0.05) is 25.2 Å². The summed E-state index contributed by atoms with van der Waals surface area (Å²) in [5.74, 6) is 2.99. The van der Waals surface area contributed by atoms with Crippen molar-refractivity contribution in [3.63, 3.8) is 0 Å². The zero-order valence-corrected chi connectivity index (χ0v) is 10.7. The van der Waals surface area contributed by atoms with E-state index >= 15 is 0 Å². The van der Waals surface area contributed by atoms with Crippen LogP contribution in [0, 0.1) is 12.3 Å². The van der Waals surface area contributed by atoms with Crippen LogP contribution in [0.25, 0.3) is 0 Å². The van der Waals surface area contributed by atoms with Crippen LogP contribution in [0.5, 0.6) is 0 Å². The van der Waals surface area contributed by atoms with E-state index < -0.39 is 0 Å². The van der Waals surface area contributed by atoms with Crippen molar-refractivity contribution < 1.29 is 0 Å². The summed E-state index contributed by atoms with van der Waals surface area (Å²) in [6.07, 6.45) is 10.8. The van der Waals surface area contributed by atoms with E-state index in [9.17, 15) is 0 Å². The molecule has 2 heterocycles. The lowest BCUT2D eigenvalue weighted by atomic mass is 10.0. The molecule has 0 aromatic heterocycles. The molecule has 0 bridgehead atoms. The first-order chi connectivity index (χ1) is 7.76. The normalized spacial score (nSPS) is 33.3. The maximum Gasteiger partial charge on any atom is 0.0715 e. The van der Waals surface area contributed by atoms with Crippen LogP contribution < -0.4 is 0 Å². The highest BCUT2D eigenvalue weighted by Crippen LogP contribution is 2.26. The van der Waals surface area contributed by atoms with Gasteiger partial charge < -0.3 is 0 Å². The van der Waals surface area contributed by atoms with Crippen LogP contribution in [0.1, 0.15) is 39.5 Å². The Balaban J connectivity index is 2.01. The molecule has 2 saturated heterocycles. The number of terminal acetylenes is 1. The first-order valence-corrected chi connectivity index (χ1v) is 6.72. The molecule has 2 rings (SSSR count). The Morgan fingerprint density at radius 3 is 2.94 bits per heavy atom. The number of hydrogen-bond donors (Lipinski definition) is 0. The smallest absolute Gasteiger partial charge is 0.0715 e. The average Bonchev–Trinajstić information content (AvgIpc) is 2.72. The van der Waals surface area contributed by atoms with E-state index in [-0.39, 0.29) is 0 Å². The van der Waals surface area contributed by atoms with Crippen LogP contribution in [0.3, 0.4) is 0 Å². The van der Waals surface area contributed by atoms with E-state index in [0.29, 0.717) is 12.1 Å². The highest BCUT2D eigenvalue weighted by atomic mass is 15.3. The molecule has 2 nitrogen and oxygen atoms in total. The lowest BCUT2D eigenvalue weighted by Gasteiger charge is -2.44. The summed E-state index contributed by atoms with van der Waals surface area (Å²) in [4.78, 5) is 5.22. The Kier molecular flexibility index (Phi) is 3.89. The molecule has 2 aliphatic heterocycles. The van der Waals surface area contributed by atoms with Gasteiger partial charge in [-0.05, 0) is 32.7 Å². The largest absolute Gasteiger partial charge is 0.298 e. The van der Waals surface area contributed by atoms with Gasteiger partial charge in [0.1, 0.15) is 0 Å². The quantitative estimate of drug-likeness (QED) is 0.671. The Bertz CT molecular complexity index is 268. The van der Waals surface area contributed by atoms with Crippen LogP contribution >= 0.6 is 0 Å². The van der Waals surface area contributed by atoms with Gasteiger partial charge in [-0.1, -0.05) is 19.3 Å². The summed E-state index contributed by atoms with van der Waals surface area (Å²) in [6, 6.07) is 1.77. The molecule has 16 heavy (non-hydrogen) atoms. The van der Waals surface area contributed by atoms with E-state index in [0.717, 1.165) is 12.5 Å². The zero-order chi connectivity index (χ0) is 11.5. The fourth-order valence-corrected chi connectivity index (χ4v) is 3.26. The topological polar surface area (TPSA) is 6.48 Å². The molecule has 0 amide bonds. The van der Waals surface area contributed by atoms with Crippen LogP contribution in [0.2, 0.25) is 0 Å². The van der Waals surface area contributed by atoms with Crippen molar-refractivity contribution in [3.05, 3.63) is 0 Å². The number of fused-ring (bicyclic) bond motifs is 1. The number of piperazine rings is 1. The monoisotopic (exact) mass is 220 g/mol. The molecular formula is C14H24N2. The number of rotatable bonds is 3. The number of nitrogens with zero attached hydrogens (tertiary/aromatic N) is 2. The van der Waals surface area contributed by atoms with Crippen molar-refractivity contribution in [1.82, 2.24) is 9.80 Å². The highest BCUT2D eigenvalue weighted by Gasteiger charge is 2.36. The van der Waals surface area contributed by atoms with E-state index in [1.54, 1.807) is 0 Å². The molecule has 2 heteroatoms. The second kappa shape index (κ2) is 5.21. The molecule has 90 valence electrons. The van der Waals surface area contributed by atoms with Crippen LogP contribution in [0.15, 0.2) is 0 Å². The molecule has 0 aliphatic carbocycles. The standard InChI is InChI=1S/C14H24N2/c1-4-7-13(5-2)16-11-14-8-6-9-15(14)10-12(16)3/h2,12-14H,4,6-11H2,1,3H3. The predicted molar refractivity (Wildman–Crippen MR) is 68.3 cm³/mol. The minimum atomic E-state index is 0.364. The molecule has 0 aromatic rings. The second-order valence-electron chi connectivity index (χ2n) is 5.31. The fourth-order valence-electron chi connectivity index (χ4n) is 3.26. The Hall–Kier alpha value is -0.520. The van der Waals surface area contributed by atoms with Crippen molar-refractivity contribution in [1.29, 1.82) is 0 Å². The van der Waals surface area contributed by atoms with Crippen molar-refractivity contribution in [3.8, 4) is 12.3 Å². The van der Waals surface area contributed by atoms with Crippen LogP contribution in [-0.2, 0) is 0 Å². The first kappa shape index (κ1) is 12.0. The lowest BCUT2D eigenvalue weighted by molar-refractivity contribution is 0.0412. The summed E-state index contributed by atoms with van der Waals surface area (Å²) in [6.45, 7) is 8.26. The predicted octanol–water partition coefficient (Wildman–Crippen LogP) is 1.96. The summed E-state index contributed by atoms with van der Waals surface area (Å²) in [7, 11) is 0. The van der Waals surface area contributed by atoms with Crippen molar-refractivity contribution >= 4 is 0 Å². The van der Waals surface area contributed by atoms with Gasteiger partial charge in [0.15, 0.2) is 0 Å². The van der Waals surface area contributed by atoms with Gasteiger partial charge in [0.2, 0.25) is 0 Å². The fraction of sp³-hybridized carbons (Fsp3) is 0.857. The molecule has 3 unspecified atom stereocenters. The summed E-state index contributed by atoms with van der Waals surface area (Å²) in [5, 5.41) is 0. The average molecular weight is 220 g/mol. The third-order valence-corrected chi connectivity index (χ3v) is 4.14. The minimum absolute atomic E-state index is 0.364. The third-order valence-electron chi connectivity index (χ3n) is 4.14. The minimum Gasteiger partial charge on any atom is -0.298 e. The third kappa shape index (κ3) is 2.26. The van der Waals surface area contributed by atoms with Gasteiger partial charge in [0.05, 0.1) is 6.04 Å². The molecule has 3 atom stereocenters. The Morgan fingerprint density at radius 1 is 1.44 bits per heavy atom. The molecular weight excluding hydrogens is 196 g/mol. The molecule has 0 radical (unpaired) electrons. The summed E-state index contributed by atoms with van der Waals surface area (Å²) < 4.78 is 0. The highest BCUT2D eigenvalue weighted by molar-refractivity contribution is 5.04. The summed E-state index contributed by atoms with van der Waals surface area (Å²) >= 11 is 0. The van der Waals surface area contributed by atoms with Gasteiger partial charge in [-0.2, -0.15) is 0 Å². The van der Waals surface area contributed by atoms with E-state index in [1.165, 1.54) is 38.9 Å². The molecule has 2 fully saturated rings. The molecule has 0 spiro atoms. The van der Waals surface area contributed by atoms with Crippen LogP contribution in [0.4, 0.5) is 0 Å². The van der Waals surface area contributed by atoms with Crippen molar-refractivity contribution in [2.75, 3.05) is 19.6 Å². The molecule has 2 aliphatic rings. The first-order valence-electron chi connectivity index (χ1n) is 6.72. The molecule has 0 aromatic carbocycles. The van der Waals surface area contributed by atoms with Crippen LogP contribution in [-0.4, -0.2) is 47.6 Å². The van der Waals surface area contributed by atoms with Gasteiger partial charge >= 0.3 is 0 Å². The van der Waals surface area contributed by atoms with Gasteiger partial charge in [0.25, 0.3) is 0 Å². The van der Waals surface area contributed by atoms with E-state index in [2.05, 4.69) is 29.6 Å². The SMILES string of the molecule is C#CC(CCC)N1CC2CCCN2CC1C. The second-order valence-corrected chi connectivity index (χ2v) is 5.31. The lowest BCUT2D eigenvalue weighted by Crippen LogP contribution is -2.57. The van der Waals surface area contributed by atoms with Gasteiger partial charge in [-0.15, -0.1) is 6.42 Å². The maximum atomic E-state index is 5.68. The number of hydrogen-bond acceptors (Lipinski definition) is 2. The maximum absolute atomic E-state index is 5.68. The van der Waals surface area contributed by atoms with Crippen molar-refractivity contribution in [2.24, 2.45) is 0 Å². The Morgan fingerprint density at radius 2 is 2.25 bits per heavy atom. The van der Waals surface area contributed by atoms with Gasteiger partial charge in [-0.25, -0.2) is 0 Å². The van der Waals surface area contributed by atoms with Crippen molar-refractivity contribution in [2.45, 2.75) is 57.7 Å². The zero-order valence-electron chi connectivity index (χ0n) is 10.7. The van der Waals surface area contributed by atoms with E-state index in [1.807, 2.05) is 0 Å².